The Morgan fingerprint density at radius 1 is 1.75 bits per heavy atom. The fourth-order valence-corrected chi connectivity index (χ4v) is 1.39. The van der Waals surface area contributed by atoms with Gasteiger partial charge in [0.2, 0.25) is 0 Å². The summed E-state index contributed by atoms with van der Waals surface area (Å²) in [6, 6.07) is 4.99. The summed E-state index contributed by atoms with van der Waals surface area (Å²) in [6.45, 7) is 1.92. The molecule has 1 atom stereocenters. The molecule has 0 radical (unpaired) electrons. The number of carbonyl (C=O) groups is 1. The van der Waals surface area contributed by atoms with E-state index in [-0.39, 0.29) is 17.1 Å². The Morgan fingerprint density at radius 2 is 2.50 bits per heavy atom. The molecular formula is C11H12ClN3O. The quantitative estimate of drug-likeness (QED) is 0.816. The molecule has 4 nitrogen and oxygen atoms in total. The summed E-state index contributed by atoms with van der Waals surface area (Å²) in [7, 11) is 0. The van der Waals surface area contributed by atoms with Crippen molar-refractivity contribution in [2.75, 3.05) is 0 Å². The highest BCUT2D eigenvalue weighted by molar-refractivity contribution is 6.29. The van der Waals surface area contributed by atoms with E-state index in [1.54, 1.807) is 6.07 Å². The Labute approximate surface area is 99.2 Å². The van der Waals surface area contributed by atoms with Crippen LogP contribution in [-0.2, 0) is 0 Å². The van der Waals surface area contributed by atoms with Gasteiger partial charge in [0.1, 0.15) is 5.15 Å². The highest BCUT2D eigenvalue weighted by Gasteiger charge is 2.11. The number of carbonyl (C=O) groups excluding carboxylic acids is 1. The van der Waals surface area contributed by atoms with E-state index < -0.39 is 0 Å². The van der Waals surface area contributed by atoms with Gasteiger partial charge in [-0.1, -0.05) is 18.5 Å². The molecule has 1 heterocycles. The van der Waals surface area contributed by atoms with E-state index in [0.717, 1.165) is 6.42 Å². The van der Waals surface area contributed by atoms with Gasteiger partial charge in [0.05, 0.1) is 12.5 Å². The number of rotatable bonds is 4. The molecule has 1 unspecified atom stereocenters. The van der Waals surface area contributed by atoms with Crippen LogP contribution in [0.4, 0.5) is 0 Å². The third-order valence-corrected chi connectivity index (χ3v) is 2.36. The molecule has 1 rings (SSSR count). The minimum atomic E-state index is -0.230. The van der Waals surface area contributed by atoms with Crippen LogP contribution in [0.15, 0.2) is 18.3 Å². The molecule has 0 bridgehead atoms. The summed E-state index contributed by atoms with van der Waals surface area (Å²) in [6.07, 6.45) is 2.50. The van der Waals surface area contributed by atoms with Crippen LogP contribution in [0.1, 0.15) is 30.1 Å². The minimum absolute atomic E-state index is 0.121. The zero-order valence-electron chi connectivity index (χ0n) is 8.90. The van der Waals surface area contributed by atoms with Crippen molar-refractivity contribution in [2.24, 2.45) is 0 Å². The molecule has 1 amide bonds. The van der Waals surface area contributed by atoms with E-state index in [9.17, 15) is 4.79 Å². The maximum atomic E-state index is 11.7. The second-order valence-electron chi connectivity index (χ2n) is 3.31. The molecule has 84 valence electrons. The molecule has 0 spiro atoms. The Bertz CT molecular complexity index is 414. The van der Waals surface area contributed by atoms with Gasteiger partial charge >= 0.3 is 0 Å². The van der Waals surface area contributed by atoms with E-state index in [1.807, 2.05) is 13.0 Å². The van der Waals surface area contributed by atoms with Crippen LogP contribution in [0.5, 0.6) is 0 Å². The molecule has 16 heavy (non-hydrogen) atoms. The van der Waals surface area contributed by atoms with Gasteiger partial charge in [-0.3, -0.25) is 4.79 Å². The minimum Gasteiger partial charge on any atom is -0.348 e. The number of hydrogen-bond donors (Lipinski definition) is 1. The normalized spacial score (nSPS) is 11.6. The fourth-order valence-electron chi connectivity index (χ4n) is 1.22. The van der Waals surface area contributed by atoms with Gasteiger partial charge in [0.25, 0.3) is 5.91 Å². The van der Waals surface area contributed by atoms with Crippen molar-refractivity contribution >= 4 is 17.5 Å². The van der Waals surface area contributed by atoms with Gasteiger partial charge in [-0.05, 0) is 18.6 Å². The van der Waals surface area contributed by atoms with Gasteiger partial charge in [-0.25, -0.2) is 4.98 Å². The first-order valence-electron chi connectivity index (χ1n) is 4.96. The summed E-state index contributed by atoms with van der Waals surface area (Å²) in [4.78, 5) is 15.5. The summed E-state index contributed by atoms with van der Waals surface area (Å²) in [5.41, 5.74) is 0.455. The SMILES string of the molecule is CCC(CC#N)NC(=O)c1ccnc(Cl)c1. The van der Waals surface area contributed by atoms with Gasteiger partial charge in [0.15, 0.2) is 0 Å². The number of amides is 1. The lowest BCUT2D eigenvalue weighted by atomic mass is 10.1. The maximum absolute atomic E-state index is 11.7. The molecule has 0 aliphatic heterocycles. The number of hydrogen-bond acceptors (Lipinski definition) is 3. The highest BCUT2D eigenvalue weighted by Crippen LogP contribution is 2.07. The molecule has 5 heteroatoms. The zero-order valence-corrected chi connectivity index (χ0v) is 9.66. The predicted octanol–water partition coefficient (Wildman–Crippen LogP) is 2.16. The van der Waals surface area contributed by atoms with E-state index in [4.69, 9.17) is 16.9 Å². The van der Waals surface area contributed by atoms with Gasteiger partial charge in [0, 0.05) is 17.8 Å². The van der Waals surface area contributed by atoms with E-state index in [0.29, 0.717) is 12.0 Å². The number of nitriles is 1. The van der Waals surface area contributed by atoms with Crippen LogP contribution in [0.3, 0.4) is 0 Å². The van der Waals surface area contributed by atoms with Crippen LogP contribution in [0, 0.1) is 11.3 Å². The van der Waals surface area contributed by atoms with Crippen molar-refractivity contribution < 1.29 is 4.79 Å². The van der Waals surface area contributed by atoms with Crippen molar-refractivity contribution in [3.8, 4) is 6.07 Å². The zero-order chi connectivity index (χ0) is 12.0. The van der Waals surface area contributed by atoms with Crippen LogP contribution in [0.25, 0.3) is 0 Å². The number of pyridine rings is 1. The molecule has 0 fully saturated rings. The lowest BCUT2D eigenvalue weighted by Gasteiger charge is -2.13. The second kappa shape index (κ2) is 6.09. The predicted molar refractivity (Wildman–Crippen MR) is 61.0 cm³/mol. The summed E-state index contributed by atoms with van der Waals surface area (Å²) in [5.74, 6) is -0.230. The van der Waals surface area contributed by atoms with Crippen LogP contribution >= 0.6 is 11.6 Å². The Balaban J connectivity index is 2.68. The monoisotopic (exact) mass is 237 g/mol. The molecule has 1 aromatic heterocycles. The lowest BCUT2D eigenvalue weighted by Crippen LogP contribution is -2.34. The van der Waals surface area contributed by atoms with Crippen molar-refractivity contribution in [2.45, 2.75) is 25.8 Å². The Morgan fingerprint density at radius 3 is 3.06 bits per heavy atom. The lowest BCUT2D eigenvalue weighted by molar-refractivity contribution is 0.0936. The van der Waals surface area contributed by atoms with Gasteiger partial charge < -0.3 is 5.32 Å². The number of nitrogens with one attached hydrogen (secondary N) is 1. The van der Waals surface area contributed by atoms with Crippen LogP contribution in [-0.4, -0.2) is 16.9 Å². The summed E-state index contributed by atoms with van der Waals surface area (Å²) in [5, 5.41) is 11.6. The molecular weight excluding hydrogens is 226 g/mol. The van der Waals surface area contributed by atoms with E-state index in [1.165, 1.54) is 12.3 Å². The molecule has 0 saturated heterocycles. The Hall–Kier alpha value is -1.60. The summed E-state index contributed by atoms with van der Waals surface area (Å²) >= 11 is 5.68. The summed E-state index contributed by atoms with van der Waals surface area (Å²) < 4.78 is 0. The molecule has 0 saturated carbocycles. The first kappa shape index (κ1) is 12.5. The maximum Gasteiger partial charge on any atom is 0.251 e. The van der Waals surface area contributed by atoms with E-state index >= 15 is 0 Å². The second-order valence-corrected chi connectivity index (χ2v) is 3.70. The third-order valence-electron chi connectivity index (χ3n) is 2.15. The standard InChI is InChI=1S/C11H12ClN3O/c1-2-9(3-5-13)15-11(16)8-4-6-14-10(12)7-8/h4,6-7,9H,2-3H2,1H3,(H,15,16). The van der Waals surface area contributed by atoms with Crippen LogP contribution in [0.2, 0.25) is 5.15 Å². The van der Waals surface area contributed by atoms with Crippen molar-refractivity contribution in [3.63, 3.8) is 0 Å². The van der Waals surface area contributed by atoms with Crippen LogP contribution < -0.4 is 5.32 Å². The molecule has 0 aliphatic carbocycles. The van der Waals surface area contributed by atoms with Gasteiger partial charge in [-0.15, -0.1) is 0 Å². The largest absolute Gasteiger partial charge is 0.348 e. The Kier molecular flexibility index (Phi) is 4.74. The average molecular weight is 238 g/mol. The molecule has 0 aromatic carbocycles. The van der Waals surface area contributed by atoms with E-state index in [2.05, 4.69) is 10.3 Å². The smallest absolute Gasteiger partial charge is 0.251 e. The van der Waals surface area contributed by atoms with Crippen molar-refractivity contribution in [3.05, 3.63) is 29.0 Å². The fraction of sp³-hybridized carbons (Fsp3) is 0.364. The average Bonchev–Trinajstić information content (AvgIpc) is 2.28. The highest BCUT2D eigenvalue weighted by atomic mass is 35.5. The molecule has 0 aliphatic rings. The molecule has 1 aromatic rings. The topological polar surface area (TPSA) is 65.8 Å². The van der Waals surface area contributed by atoms with Crippen molar-refractivity contribution in [1.82, 2.24) is 10.3 Å². The van der Waals surface area contributed by atoms with Crippen molar-refractivity contribution in [1.29, 1.82) is 5.26 Å². The third kappa shape index (κ3) is 3.52. The molecule has 1 N–H and O–H groups in total. The number of nitrogens with zero attached hydrogens (tertiary/aromatic N) is 2. The number of halogens is 1. The number of aromatic nitrogens is 1. The van der Waals surface area contributed by atoms with Gasteiger partial charge in [-0.2, -0.15) is 5.26 Å². The first-order chi connectivity index (χ1) is 7.67. The first-order valence-corrected chi connectivity index (χ1v) is 5.34.